The van der Waals surface area contributed by atoms with Gasteiger partial charge in [-0.3, -0.25) is 9.59 Å². The summed E-state index contributed by atoms with van der Waals surface area (Å²) in [7, 11) is 0. The molecule has 2 aliphatic carbocycles. The second-order valence-corrected chi connectivity index (χ2v) is 6.97. The van der Waals surface area contributed by atoms with Crippen molar-refractivity contribution in [3.63, 3.8) is 0 Å². The van der Waals surface area contributed by atoms with E-state index in [-0.39, 0.29) is 23.4 Å². The van der Waals surface area contributed by atoms with Gasteiger partial charge in [0, 0.05) is 10.8 Å². The van der Waals surface area contributed by atoms with Crippen molar-refractivity contribution >= 4 is 34.2 Å². The molecule has 1 aromatic rings. The lowest BCUT2D eigenvalue weighted by Gasteiger charge is -2.20. The van der Waals surface area contributed by atoms with Gasteiger partial charge in [-0.2, -0.15) is 0 Å². The van der Waals surface area contributed by atoms with Gasteiger partial charge in [0.05, 0.1) is 18.1 Å². The Labute approximate surface area is 137 Å². The number of carboxylic acids is 1. The first-order valence-corrected chi connectivity index (χ1v) is 8.70. The van der Waals surface area contributed by atoms with Crippen LogP contribution in [0.3, 0.4) is 0 Å². The summed E-state index contributed by atoms with van der Waals surface area (Å²) in [5.41, 5.74) is 0.825. The van der Waals surface area contributed by atoms with Crippen molar-refractivity contribution in [1.29, 1.82) is 0 Å². The standard InChI is InChI=1S/C16H19NO5S/c1-2-22-16(21)10-5-3-4-9-11(15(19)20)14(23-12(9)10)17-13(18)8-6-7-8/h8,10H,2-7H2,1H3,(H,17,18)(H,19,20). The molecule has 124 valence electrons. The first kappa shape index (κ1) is 16.0. The van der Waals surface area contributed by atoms with E-state index >= 15 is 0 Å². The average molecular weight is 337 g/mol. The lowest BCUT2D eigenvalue weighted by Crippen LogP contribution is -2.20. The highest BCUT2D eigenvalue weighted by molar-refractivity contribution is 7.17. The topological polar surface area (TPSA) is 92.7 Å². The number of amides is 1. The monoisotopic (exact) mass is 337 g/mol. The van der Waals surface area contributed by atoms with Crippen molar-refractivity contribution in [2.75, 3.05) is 11.9 Å². The van der Waals surface area contributed by atoms with E-state index in [9.17, 15) is 19.5 Å². The van der Waals surface area contributed by atoms with Gasteiger partial charge >= 0.3 is 11.9 Å². The van der Waals surface area contributed by atoms with E-state index in [0.29, 0.717) is 30.0 Å². The Morgan fingerprint density at radius 2 is 2.04 bits per heavy atom. The van der Waals surface area contributed by atoms with Gasteiger partial charge in [0.2, 0.25) is 5.91 Å². The number of carbonyl (C=O) groups is 3. The van der Waals surface area contributed by atoms with Crippen LogP contribution in [-0.2, 0) is 20.7 Å². The Bertz CT molecular complexity index is 662. The Balaban J connectivity index is 1.96. The summed E-state index contributed by atoms with van der Waals surface area (Å²) >= 11 is 1.21. The summed E-state index contributed by atoms with van der Waals surface area (Å²) in [6.45, 7) is 2.05. The van der Waals surface area contributed by atoms with Crippen LogP contribution in [0, 0.1) is 5.92 Å². The molecule has 0 saturated heterocycles. The minimum absolute atomic E-state index is 0.00312. The molecule has 0 radical (unpaired) electrons. The fourth-order valence-corrected chi connectivity index (χ4v) is 4.34. The minimum atomic E-state index is -1.06. The van der Waals surface area contributed by atoms with E-state index in [2.05, 4.69) is 5.32 Å². The van der Waals surface area contributed by atoms with Crippen LogP contribution < -0.4 is 5.32 Å². The molecule has 3 rings (SSSR count). The number of ether oxygens (including phenoxy) is 1. The molecule has 2 N–H and O–H groups in total. The average Bonchev–Trinajstić information content (AvgIpc) is 3.28. The molecule has 7 heteroatoms. The molecule has 1 aromatic heterocycles. The molecule has 0 aliphatic heterocycles. The fraction of sp³-hybridized carbons (Fsp3) is 0.562. The van der Waals surface area contributed by atoms with Gasteiger partial charge in [0.25, 0.3) is 0 Å². The minimum Gasteiger partial charge on any atom is -0.478 e. The second-order valence-electron chi connectivity index (χ2n) is 5.91. The van der Waals surface area contributed by atoms with Crippen LogP contribution in [-0.4, -0.2) is 29.6 Å². The Hall–Kier alpha value is -1.89. The maximum absolute atomic E-state index is 12.1. The summed E-state index contributed by atoms with van der Waals surface area (Å²) in [6, 6.07) is 0. The maximum Gasteiger partial charge on any atom is 0.339 e. The highest BCUT2D eigenvalue weighted by Gasteiger charge is 2.36. The zero-order valence-corrected chi connectivity index (χ0v) is 13.7. The van der Waals surface area contributed by atoms with Crippen molar-refractivity contribution in [1.82, 2.24) is 0 Å². The number of aromatic carboxylic acids is 1. The van der Waals surface area contributed by atoms with Crippen molar-refractivity contribution in [3.05, 3.63) is 16.0 Å². The molecule has 1 unspecified atom stereocenters. The fourth-order valence-electron chi connectivity index (χ4n) is 2.97. The van der Waals surface area contributed by atoms with Gasteiger partial charge in [-0.1, -0.05) is 0 Å². The lowest BCUT2D eigenvalue weighted by molar-refractivity contribution is -0.145. The summed E-state index contributed by atoms with van der Waals surface area (Å²) in [6.07, 6.45) is 3.71. The summed E-state index contributed by atoms with van der Waals surface area (Å²) < 4.78 is 5.11. The third-order valence-corrected chi connectivity index (χ3v) is 5.51. The van der Waals surface area contributed by atoms with E-state index in [1.165, 1.54) is 11.3 Å². The molecule has 0 bridgehead atoms. The molecule has 1 fully saturated rings. The van der Waals surface area contributed by atoms with Gasteiger partial charge in [-0.05, 0) is 44.6 Å². The van der Waals surface area contributed by atoms with E-state index in [4.69, 9.17) is 4.74 Å². The molecule has 23 heavy (non-hydrogen) atoms. The summed E-state index contributed by atoms with van der Waals surface area (Å²) in [5, 5.41) is 12.7. The van der Waals surface area contributed by atoms with Gasteiger partial charge in [-0.15, -0.1) is 11.3 Å². The van der Waals surface area contributed by atoms with Crippen LogP contribution in [0.2, 0.25) is 0 Å². The van der Waals surface area contributed by atoms with Gasteiger partial charge in [0.1, 0.15) is 5.00 Å². The van der Waals surface area contributed by atoms with Crippen LogP contribution in [0.5, 0.6) is 0 Å². The normalized spacial score (nSPS) is 19.8. The van der Waals surface area contributed by atoms with Crippen LogP contribution in [0.25, 0.3) is 0 Å². The smallest absolute Gasteiger partial charge is 0.339 e. The molecule has 1 saturated carbocycles. The molecular formula is C16H19NO5S. The lowest BCUT2D eigenvalue weighted by atomic mass is 9.87. The highest BCUT2D eigenvalue weighted by atomic mass is 32.1. The molecule has 1 amide bonds. The number of nitrogens with one attached hydrogen (secondary N) is 1. The first-order chi connectivity index (χ1) is 11.0. The van der Waals surface area contributed by atoms with Crippen molar-refractivity contribution in [3.8, 4) is 0 Å². The van der Waals surface area contributed by atoms with Crippen LogP contribution in [0.15, 0.2) is 0 Å². The number of anilines is 1. The van der Waals surface area contributed by atoms with E-state index < -0.39 is 11.9 Å². The zero-order valence-electron chi connectivity index (χ0n) is 12.9. The maximum atomic E-state index is 12.1. The van der Waals surface area contributed by atoms with Crippen molar-refractivity contribution in [2.45, 2.75) is 44.9 Å². The molecule has 0 spiro atoms. The number of hydrogen-bond donors (Lipinski definition) is 2. The number of thiophene rings is 1. The predicted octanol–water partition coefficient (Wildman–Crippen LogP) is 2.78. The van der Waals surface area contributed by atoms with E-state index in [0.717, 1.165) is 24.1 Å². The number of carbonyl (C=O) groups excluding carboxylic acids is 2. The molecular weight excluding hydrogens is 318 g/mol. The number of esters is 1. The molecule has 6 nitrogen and oxygen atoms in total. The Morgan fingerprint density at radius 3 is 2.65 bits per heavy atom. The van der Waals surface area contributed by atoms with Crippen molar-refractivity contribution in [2.24, 2.45) is 5.92 Å². The van der Waals surface area contributed by atoms with Gasteiger partial charge < -0.3 is 15.2 Å². The molecule has 1 atom stereocenters. The SMILES string of the molecule is CCOC(=O)C1CCCc2c1sc(NC(=O)C1CC1)c2C(=O)O. The van der Waals surface area contributed by atoms with E-state index in [1.807, 2.05) is 0 Å². The van der Waals surface area contributed by atoms with E-state index in [1.54, 1.807) is 6.92 Å². The molecule has 1 heterocycles. The first-order valence-electron chi connectivity index (χ1n) is 7.89. The summed E-state index contributed by atoms with van der Waals surface area (Å²) in [4.78, 5) is 36.5. The van der Waals surface area contributed by atoms with Crippen LogP contribution >= 0.6 is 11.3 Å². The molecule has 0 aromatic carbocycles. The van der Waals surface area contributed by atoms with Crippen LogP contribution in [0.4, 0.5) is 5.00 Å². The van der Waals surface area contributed by atoms with Crippen LogP contribution in [0.1, 0.15) is 59.3 Å². The number of rotatable bonds is 5. The third-order valence-electron chi connectivity index (χ3n) is 4.24. The third kappa shape index (κ3) is 3.10. The Morgan fingerprint density at radius 1 is 1.30 bits per heavy atom. The number of hydrogen-bond acceptors (Lipinski definition) is 5. The molecule has 2 aliphatic rings. The summed E-state index contributed by atoms with van der Waals surface area (Å²) in [5.74, 6) is -1.92. The predicted molar refractivity (Wildman–Crippen MR) is 84.9 cm³/mol. The number of fused-ring (bicyclic) bond motifs is 1. The van der Waals surface area contributed by atoms with Crippen molar-refractivity contribution < 1.29 is 24.2 Å². The second kappa shape index (κ2) is 6.31. The largest absolute Gasteiger partial charge is 0.478 e. The van der Waals surface area contributed by atoms with Gasteiger partial charge in [-0.25, -0.2) is 4.79 Å². The highest BCUT2D eigenvalue weighted by Crippen LogP contribution is 2.44. The Kier molecular flexibility index (Phi) is 4.39. The quantitative estimate of drug-likeness (QED) is 0.806. The van der Waals surface area contributed by atoms with Gasteiger partial charge in [0.15, 0.2) is 0 Å². The zero-order chi connectivity index (χ0) is 16.6. The number of carboxylic acid groups (broad SMARTS) is 1.